The summed E-state index contributed by atoms with van der Waals surface area (Å²) in [4.78, 5) is 48.3. The van der Waals surface area contributed by atoms with Gasteiger partial charge in [0.1, 0.15) is 35.7 Å². The van der Waals surface area contributed by atoms with Crippen molar-refractivity contribution in [1.82, 2.24) is 15.2 Å². The average Bonchev–Trinajstić information content (AvgIpc) is 3.33. The minimum absolute atomic E-state index is 0.0451. The summed E-state index contributed by atoms with van der Waals surface area (Å²) in [6, 6.07) is 7.79. The van der Waals surface area contributed by atoms with E-state index in [1.165, 1.54) is 23.8 Å². The van der Waals surface area contributed by atoms with Crippen LogP contribution in [0.15, 0.2) is 64.5 Å². The van der Waals surface area contributed by atoms with E-state index >= 15 is 0 Å². The van der Waals surface area contributed by atoms with E-state index in [0.717, 1.165) is 10.1 Å². The number of nitrogens with two attached hydrogens (primary N) is 1. The van der Waals surface area contributed by atoms with E-state index in [4.69, 9.17) is 10.6 Å². The standard InChI is InChI=1S/C23H20N6O5S2/c1-34-27-17(14-3-2-4-16(24)25-14)20(30)26-18-21(31)29-19(23(32)33)13(11-36-22(18)29)9-28-7-5-12-6-8-35-15(12)10-28/h2-8,10,18,22H,9,11H2,1H3,(H3-,24,25,26,30,32,33)/p+1/b27-17+. The second-order valence-electron chi connectivity index (χ2n) is 8.05. The third kappa shape index (κ3) is 4.27. The van der Waals surface area contributed by atoms with Gasteiger partial charge in [-0.2, -0.15) is 4.57 Å². The van der Waals surface area contributed by atoms with E-state index in [-0.39, 0.29) is 22.9 Å². The Bertz CT molecular complexity index is 1450. The number of nitrogen functional groups attached to an aromatic ring is 1. The second-order valence-corrected chi connectivity index (χ2v) is 10.1. The van der Waals surface area contributed by atoms with E-state index in [2.05, 4.69) is 15.5 Å². The zero-order valence-corrected chi connectivity index (χ0v) is 20.6. The number of fused-ring (bicyclic) bond motifs is 2. The lowest BCUT2D eigenvalue weighted by atomic mass is 10.0. The molecule has 2 amide bonds. The molecule has 184 valence electrons. The van der Waals surface area contributed by atoms with Crippen molar-refractivity contribution >= 4 is 62.5 Å². The summed E-state index contributed by atoms with van der Waals surface area (Å²) in [5, 5.41) is 18.9. The lowest BCUT2D eigenvalue weighted by Gasteiger charge is -2.49. The third-order valence-electron chi connectivity index (χ3n) is 5.78. The van der Waals surface area contributed by atoms with Crippen molar-refractivity contribution in [3.63, 3.8) is 0 Å². The number of nitrogens with zero attached hydrogens (tertiary/aromatic N) is 4. The van der Waals surface area contributed by atoms with Crippen LogP contribution in [0.4, 0.5) is 5.82 Å². The first-order valence-electron chi connectivity index (χ1n) is 10.8. The molecule has 5 heterocycles. The van der Waals surface area contributed by atoms with E-state index in [9.17, 15) is 19.5 Å². The molecule has 36 heavy (non-hydrogen) atoms. The molecule has 5 rings (SSSR count). The predicted molar refractivity (Wildman–Crippen MR) is 134 cm³/mol. The van der Waals surface area contributed by atoms with E-state index in [0.29, 0.717) is 17.9 Å². The maximum absolute atomic E-state index is 13.0. The van der Waals surface area contributed by atoms with Gasteiger partial charge in [0.25, 0.3) is 11.8 Å². The number of aromatic nitrogens is 2. The van der Waals surface area contributed by atoms with Gasteiger partial charge in [-0.1, -0.05) is 11.2 Å². The van der Waals surface area contributed by atoms with Gasteiger partial charge in [0.2, 0.25) is 0 Å². The molecule has 2 aliphatic heterocycles. The molecule has 0 aliphatic carbocycles. The molecule has 1 fully saturated rings. The Kier molecular flexibility index (Phi) is 6.33. The molecule has 2 unspecified atom stereocenters. The molecular weight excluding hydrogens is 504 g/mol. The fourth-order valence-corrected chi connectivity index (χ4v) is 6.32. The number of aliphatic carboxylic acids is 1. The Labute approximate surface area is 213 Å². The van der Waals surface area contributed by atoms with E-state index in [1.807, 2.05) is 34.5 Å². The zero-order valence-electron chi connectivity index (χ0n) is 19.0. The second kappa shape index (κ2) is 9.59. The van der Waals surface area contributed by atoms with Crippen LogP contribution in [0.25, 0.3) is 10.1 Å². The highest BCUT2D eigenvalue weighted by Gasteiger charge is 2.54. The summed E-state index contributed by atoms with van der Waals surface area (Å²) >= 11 is 3.00. The highest BCUT2D eigenvalue weighted by molar-refractivity contribution is 8.00. The van der Waals surface area contributed by atoms with Gasteiger partial charge in [0.05, 0.1) is 4.70 Å². The van der Waals surface area contributed by atoms with Crippen molar-refractivity contribution in [1.29, 1.82) is 0 Å². The summed E-state index contributed by atoms with van der Waals surface area (Å²) < 4.78 is 3.00. The van der Waals surface area contributed by atoms with Crippen LogP contribution >= 0.6 is 23.1 Å². The number of pyridine rings is 2. The quantitative estimate of drug-likeness (QED) is 0.179. The smallest absolute Gasteiger partial charge is 0.352 e. The maximum atomic E-state index is 13.0. The van der Waals surface area contributed by atoms with Crippen LogP contribution in [0.2, 0.25) is 0 Å². The summed E-state index contributed by atoms with van der Waals surface area (Å²) in [6.07, 6.45) is 3.85. The summed E-state index contributed by atoms with van der Waals surface area (Å²) in [6.45, 7) is 0.335. The number of hydrogen-bond acceptors (Lipinski definition) is 9. The third-order valence-corrected chi connectivity index (χ3v) is 7.98. The van der Waals surface area contributed by atoms with Crippen molar-refractivity contribution < 1.29 is 28.9 Å². The molecule has 2 aliphatic rings. The van der Waals surface area contributed by atoms with Crippen LogP contribution in [0.1, 0.15) is 5.69 Å². The van der Waals surface area contributed by atoms with Gasteiger partial charge < -0.3 is 21.0 Å². The maximum Gasteiger partial charge on any atom is 0.352 e. The highest BCUT2D eigenvalue weighted by atomic mass is 32.2. The molecule has 2 atom stereocenters. The van der Waals surface area contributed by atoms with Gasteiger partial charge in [-0.25, -0.2) is 9.78 Å². The minimum Gasteiger partial charge on any atom is -0.477 e. The first-order chi connectivity index (χ1) is 17.4. The lowest BCUT2D eigenvalue weighted by Crippen LogP contribution is -2.71. The van der Waals surface area contributed by atoms with Gasteiger partial charge in [0, 0.05) is 22.8 Å². The average molecular weight is 526 g/mol. The lowest BCUT2D eigenvalue weighted by molar-refractivity contribution is -0.687. The minimum atomic E-state index is -1.18. The Morgan fingerprint density at radius 3 is 2.94 bits per heavy atom. The SMILES string of the molecule is CO/N=C(/C(=O)NC1C(=O)N2C(C(=O)O)=C(C[n+]3ccc4ccsc4c3)CSC12)c1cccc(N)n1. The van der Waals surface area contributed by atoms with Crippen molar-refractivity contribution in [2.75, 3.05) is 18.6 Å². The van der Waals surface area contributed by atoms with Gasteiger partial charge in [-0.15, -0.1) is 23.1 Å². The summed E-state index contributed by atoms with van der Waals surface area (Å²) in [5.41, 5.74) is 6.32. The molecule has 13 heteroatoms. The number of amides is 2. The molecule has 0 radical (unpaired) electrons. The van der Waals surface area contributed by atoms with Crippen molar-refractivity contribution in [2.45, 2.75) is 18.0 Å². The Morgan fingerprint density at radius 2 is 2.19 bits per heavy atom. The molecule has 11 nitrogen and oxygen atoms in total. The number of carboxylic acid groups (broad SMARTS) is 1. The van der Waals surface area contributed by atoms with Crippen LogP contribution in [0.3, 0.4) is 0 Å². The van der Waals surface area contributed by atoms with Crippen molar-refractivity contribution in [3.8, 4) is 0 Å². The van der Waals surface area contributed by atoms with Crippen LogP contribution in [0.5, 0.6) is 0 Å². The summed E-state index contributed by atoms with van der Waals surface area (Å²) in [5.74, 6) is -1.78. The topological polar surface area (TPSA) is 151 Å². The number of carbonyl (C=O) groups excluding carboxylic acids is 2. The monoisotopic (exact) mass is 525 g/mol. The van der Waals surface area contributed by atoms with Gasteiger partial charge in [-0.05, 0) is 23.6 Å². The largest absolute Gasteiger partial charge is 0.477 e. The number of thioether (sulfide) groups is 1. The molecule has 1 saturated heterocycles. The Morgan fingerprint density at radius 1 is 1.36 bits per heavy atom. The number of rotatable bonds is 7. The molecule has 0 saturated carbocycles. The molecule has 3 aromatic heterocycles. The molecule has 0 bridgehead atoms. The number of nitrogens with one attached hydrogen (secondary N) is 1. The number of thiophene rings is 1. The molecule has 0 aromatic carbocycles. The van der Waals surface area contributed by atoms with E-state index < -0.39 is 29.2 Å². The number of anilines is 1. The number of oxime groups is 1. The zero-order chi connectivity index (χ0) is 25.4. The van der Waals surface area contributed by atoms with Gasteiger partial charge >= 0.3 is 5.97 Å². The van der Waals surface area contributed by atoms with Crippen molar-refractivity contribution in [2.24, 2.45) is 5.16 Å². The number of carbonyl (C=O) groups is 3. The molecule has 0 spiro atoms. The first-order valence-corrected chi connectivity index (χ1v) is 12.7. The van der Waals surface area contributed by atoms with Gasteiger partial charge in [0.15, 0.2) is 24.7 Å². The fraction of sp³-hybridized carbons (Fsp3) is 0.217. The van der Waals surface area contributed by atoms with E-state index in [1.54, 1.807) is 29.5 Å². The predicted octanol–water partition coefficient (Wildman–Crippen LogP) is 0.955. The van der Waals surface area contributed by atoms with Crippen LogP contribution in [0, 0.1) is 0 Å². The van der Waals surface area contributed by atoms with Crippen LogP contribution in [-0.4, -0.2) is 62.8 Å². The van der Waals surface area contributed by atoms with Crippen molar-refractivity contribution in [3.05, 3.63) is 65.1 Å². The number of carboxylic acids is 1. The molecule has 4 N–H and O–H groups in total. The summed E-state index contributed by atoms with van der Waals surface area (Å²) in [7, 11) is 1.28. The normalized spacial score (nSPS) is 19.6. The van der Waals surface area contributed by atoms with Crippen LogP contribution < -0.4 is 15.6 Å². The van der Waals surface area contributed by atoms with Crippen LogP contribution in [-0.2, 0) is 25.8 Å². The highest BCUT2D eigenvalue weighted by Crippen LogP contribution is 2.40. The molecular formula is C23H21N6O5S2+. The number of hydrogen-bond donors (Lipinski definition) is 3. The Balaban J connectivity index is 1.36. The molecule has 3 aromatic rings. The first kappa shape index (κ1) is 23.8. The van der Waals surface area contributed by atoms with Gasteiger partial charge in [-0.3, -0.25) is 14.5 Å². The Hall–Kier alpha value is -3.97. The fourth-order valence-electron chi connectivity index (χ4n) is 4.16. The number of β-lactam (4-membered cyclic amide) rings is 1.